The second-order valence-corrected chi connectivity index (χ2v) is 4.35. The summed E-state index contributed by atoms with van der Waals surface area (Å²) >= 11 is 3.36. The number of halogens is 1. The molecule has 0 spiro atoms. The summed E-state index contributed by atoms with van der Waals surface area (Å²) in [5, 5.41) is 0. The van der Waals surface area contributed by atoms with Crippen LogP contribution in [-0.4, -0.2) is 18.6 Å². The maximum absolute atomic E-state index is 11.1. The highest BCUT2D eigenvalue weighted by atomic mass is 79.9. The average Bonchev–Trinajstić information content (AvgIpc) is 2.62. The monoisotopic (exact) mass is 289 g/mol. The fourth-order valence-corrected chi connectivity index (χ4v) is 1.71. The molecule has 0 bridgehead atoms. The topological polar surface area (TPSA) is 65.5 Å². The van der Waals surface area contributed by atoms with Crippen molar-refractivity contribution in [3.63, 3.8) is 0 Å². The highest BCUT2D eigenvalue weighted by molar-refractivity contribution is 9.10. The van der Waals surface area contributed by atoms with Crippen LogP contribution in [0.15, 0.2) is 21.2 Å². The van der Waals surface area contributed by atoms with Gasteiger partial charge in [0.2, 0.25) is 0 Å². The molecule has 0 saturated heterocycles. The van der Waals surface area contributed by atoms with E-state index >= 15 is 0 Å². The van der Waals surface area contributed by atoms with Gasteiger partial charge < -0.3 is 14.9 Å². The van der Waals surface area contributed by atoms with Gasteiger partial charge in [0, 0.05) is 18.9 Å². The molecule has 0 aliphatic carbocycles. The van der Waals surface area contributed by atoms with Crippen LogP contribution in [0.2, 0.25) is 0 Å². The predicted octanol–water partition coefficient (Wildman–Crippen LogP) is 2.26. The fraction of sp³-hybridized carbons (Fsp3) is 0.545. The van der Waals surface area contributed by atoms with E-state index in [-0.39, 0.29) is 12.0 Å². The molecule has 1 aromatic rings. The summed E-state index contributed by atoms with van der Waals surface area (Å²) in [6.07, 6.45) is 3.18. The lowest BCUT2D eigenvalue weighted by Crippen LogP contribution is -2.24. The normalized spacial score (nSPS) is 12.4. The van der Waals surface area contributed by atoms with Crippen LogP contribution in [0.4, 0.5) is 0 Å². The van der Waals surface area contributed by atoms with Gasteiger partial charge in [0.1, 0.15) is 5.76 Å². The molecule has 1 heterocycles. The van der Waals surface area contributed by atoms with E-state index in [0.29, 0.717) is 25.9 Å². The van der Waals surface area contributed by atoms with Gasteiger partial charge in [-0.05, 0) is 35.3 Å². The highest BCUT2D eigenvalue weighted by Gasteiger charge is 2.12. The van der Waals surface area contributed by atoms with E-state index in [9.17, 15) is 4.79 Å². The molecule has 5 heteroatoms. The molecular weight excluding hydrogens is 274 g/mol. The van der Waals surface area contributed by atoms with Crippen LogP contribution in [0, 0.1) is 0 Å². The Morgan fingerprint density at radius 2 is 2.44 bits per heavy atom. The molecule has 90 valence electrons. The molecule has 16 heavy (non-hydrogen) atoms. The van der Waals surface area contributed by atoms with Crippen molar-refractivity contribution in [3.8, 4) is 0 Å². The van der Waals surface area contributed by atoms with Crippen LogP contribution in [0.5, 0.6) is 0 Å². The zero-order valence-corrected chi connectivity index (χ0v) is 10.8. The third kappa shape index (κ3) is 4.37. The number of hydrogen-bond donors (Lipinski definition) is 1. The first-order valence-electron chi connectivity index (χ1n) is 5.26. The molecule has 1 atom stereocenters. The number of hydrogen-bond acceptors (Lipinski definition) is 4. The summed E-state index contributed by atoms with van der Waals surface area (Å²) in [7, 11) is 0. The Morgan fingerprint density at radius 3 is 3.00 bits per heavy atom. The van der Waals surface area contributed by atoms with Gasteiger partial charge in [-0.15, -0.1) is 0 Å². The van der Waals surface area contributed by atoms with E-state index in [2.05, 4.69) is 15.9 Å². The van der Waals surface area contributed by atoms with Crippen molar-refractivity contribution in [1.29, 1.82) is 0 Å². The summed E-state index contributed by atoms with van der Waals surface area (Å²) in [5.74, 6) is 0.618. The van der Waals surface area contributed by atoms with Crippen molar-refractivity contribution >= 4 is 21.9 Å². The van der Waals surface area contributed by atoms with Crippen LogP contribution in [0.3, 0.4) is 0 Å². The molecule has 0 aliphatic rings. The van der Waals surface area contributed by atoms with Crippen molar-refractivity contribution < 1.29 is 13.9 Å². The Labute approximate surface area is 103 Å². The smallest absolute Gasteiger partial charge is 0.305 e. The summed E-state index contributed by atoms with van der Waals surface area (Å²) in [5.41, 5.74) is 5.89. The first-order chi connectivity index (χ1) is 7.63. The molecule has 0 saturated carbocycles. The molecule has 0 amide bonds. The van der Waals surface area contributed by atoms with Gasteiger partial charge in [-0.3, -0.25) is 4.79 Å². The van der Waals surface area contributed by atoms with Crippen molar-refractivity contribution in [1.82, 2.24) is 0 Å². The lowest BCUT2D eigenvalue weighted by Gasteiger charge is -2.09. The minimum Gasteiger partial charge on any atom is -0.468 e. The molecule has 0 fully saturated rings. The van der Waals surface area contributed by atoms with E-state index in [1.807, 2.05) is 6.07 Å². The molecule has 1 unspecified atom stereocenters. The lowest BCUT2D eigenvalue weighted by atomic mass is 10.1. The van der Waals surface area contributed by atoms with E-state index in [1.54, 1.807) is 13.2 Å². The Bertz CT molecular complexity index is 338. The number of esters is 1. The molecule has 0 aliphatic heterocycles. The summed E-state index contributed by atoms with van der Waals surface area (Å²) < 4.78 is 11.0. The molecule has 0 radical (unpaired) electrons. The van der Waals surface area contributed by atoms with Crippen LogP contribution < -0.4 is 5.73 Å². The van der Waals surface area contributed by atoms with Gasteiger partial charge in [-0.1, -0.05) is 0 Å². The van der Waals surface area contributed by atoms with Crippen LogP contribution in [0.1, 0.15) is 25.5 Å². The minimum absolute atomic E-state index is 0.0909. The van der Waals surface area contributed by atoms with E-state index in [4.69, 9.17) is 14.9 Å². The Morgan fingerprint density at radius 1 is 1.69 bits per heavy atom. The quantitative estimate of drug-likeness (QED) is 0.816. The largest absolute Gasteiger partial charge is 0.468 e. The Hall–Kier alpha value is -0.810. The fourth-order valence-electron chi connectivity index (χ4n) is 1.35. The van der Waals surface area contributed by atoms with Gasteiger partial charge in [-0.2, -0.15) is 0 Å². The minimum atomic E-state index is -0.198. The zero-order chi connectivity index (χ0) is 12.0. The number of carbonyl (C=O) groups excluding carboxylic acids is 1. The van der Waals surface area contributed by atoms with E-state index in [1.165, 1.54) is 0 Å². The van der Waals surface area contributed by atoms with Crippen molar-refractivity contribution in [2.24, 2.45) is 5.73 Å². The molecule has 1 aromatic heterocycles. The number of nitrogens with two attached hydrogens (primary N) is 1. The van der Waals surface area contributed by atoms with Gasteiger partial charge in [-0.25, -0.2) is 0 Å². The molecule has 0 aromatic carbocycles. The first-order valence-corrected chi connectivity index (χ1v) is 6.05. The summed E-state index contributed by atoms with van der Waals surface area (Å²) in [6.45, 7) is 2.20. The SMILES string of the molecule is CCOC(=O)CCC(N)Cc1occc1Br. The van der Waals surface area contributed by atoms with Crippen LogP contribution in [-0.2, 0) is 16.0 Å². The standard InChI is InChI=1S/C11H16BrNO3/c1-2-15-11(14)4-3-8(13)7-10-9(12)5-6-16-10/h5-6,8H,2-4,7,13H2,1H3. The van der Waals surface area contributed by atoms with Gasteiger partial charge in [0.05, 0.1) is 17.3 Å². The average molecular weight is 290 g/mol. The first kappa shape index (κ1) is 13.3. The maximum Gasteiger partial charge on any atom is 0.305 e. The number of furan rings is 1. The maximum atomic E-state index is 11.1. The second kappa shape index (κ2) is 6.70. The molecule has 2 N–H and O–H groups in total. The van der Waals surface area contributed by atoms with E-state index in [0.717, 1.165) is 10.2 Å². The molecular formula is C11H16BrNO3. The zero-order valence-electron chi connectivity index (χ0n) is 9.24. The number of ether oxygens (including phenoxy) is 1. The predicted molar refractivity (Wildman–Crippen MR) is 64.0 cm³/mol. The van der Waals surface area contributed by atoms with Gasteiger partial charge >= 0.3 is 5.97 Å². The van der Waals surface area contributed by atoms with Crippen molar-refractivity contribution in [2.75, 3.05) is 6.61 Å². The van der Waals surface area contributed by atoms with Gasteiger partial charge in [0.25, 0.3) is 0 Å². The van der Waals surface area contributed by atoms with Crippen LogP contribution in [0.25, 0.3) is 0 Å². The molecule has 4 nitrogen and oxygen atoms in total. The van der Waals surface area contributed by atoms with Crippen molar-refractivity contribution in [2.45, 2.75) is 32.2 Å². The highest BCUT2D eigenvalue weighted by Crippen LogP contribution is 2.19. The van der Waals surface area contributed by atoms with Gasteiger partial charge in [0.15, 0.2) is 0 Å². The number of carbonyl (C=O) groups is 1. The summed E-state index contributed by atoms with van der Waals surface area (Å²) in [6, 6.07) is 1.74. The van der Waals surface area contributed by atoms with Crippen molar-refractivity contribution in [3.05, 3.63) is 22.6 Å². The third-order valence-electron chi connectivity index (χ3n) is 2.16. The summed E-state index contributed by atoms with van der Waals surface area (Å²) in [4.78, 5) is 11.1. The third-order valence-corrected chi connectivity index (χ3v) is 2.87. The number of rotatable bonds is 6. The van der Waals surface area contributed by atoms with E-state index < -0.39 is 0 Å². The lowest BCUT2D eigenvalue weighted by molar-refractivity contribution is -0.143. The van der Waals surface area contributed by atoms with Crippen LogP contribution >= 0.6 is 15.9 Å². The Balaban J connectivity index is 2.28. The second-order valence-electron chi connectivity index (χ2n) is 3.50. The Kier molecular flexibility index (Phi) is 5.55. The molecule has 1 rings (SSSR count).